The highest BCUT2D eigenvalue weighted by atomic mass is 16.3. The fourth-order valence-electron chi connectivity index (χ4n) is 0.910. The van der Waals surface area contributed by atoms with Crippen LogP contribution in [0, 0.1) is 11.5 Å². The summed E-state index contributed by atoms with van der Waals surface area (Å²) in [4.78, 5) is 11.0. The Balaban J connectivity index is 2.75. The van der Waals surface area contributed by atoms with Crippen molar-refractivity contribution in [2.75, 3.05) is 0 Å². The molecule has 2 N–H and O–H groups in total. The molecule has 4 nitrogen and oxygen atoms in total. The summed E-state index contributed by atoms with van der Waals surface area (Å²) in [6.07, 6.45) is 0.182. The lowest BCUT2D eigenvalue weighted by Crippen LogP contribution is -2.24. The Morgan fingerprint density at radius 2 is 2.08 bits per heavy atom. The summed E-state index contributed by atoms with van der Waals surface area (Å²) >= 11 is 0. The number of benzene rings is 1. The minimum absolute atomic E-state index is 0.468. The molecule has 1 aromatic carbocycles. The average molecular weight is 176 g/mol. The summed E-state index contributed by atoms with van der Waals surface area (Å²) in [6.45, 7) is 0. The average Bonchev–Trinajstić information content (AvgIpc) is 2.18. The van der Waals surface area contributed by atoms with Crippen molar-refractivity contribution in [3.8, 4) is 6.19 Å². The lowest BCUT2D eigenvalue weighted by molar-refractivity contribution is -0.128. The van der Waals surface area contributed by atoms with Crippen LogP contribution in [0.25, 0.3) is 0 Å². The van der Waals surface area contributed by atoms with Crippen LogP contribution in [-0.2, 0) is 4.79 Å². The third-order valence-electron chi connectivity index (χ3n) is 1.54. The molecule has 1 unspecified atom stereocenters. The third kappa shape index (κ3) is 2.29. The van der Waals surface area contributed by atoms with Gasteiger partial charge < -0.3 is 5.11 Å². The predicted molar refractivity (Wildman–Crippen MR) is 45.2 cm³/mol. The molecule has 1 aromatic rings. The van der Waals surface area contributed by atoms with Gasteiger partial charge in [0.1, 0.15) is 0 Å². The molecular weight excluding hydrogens is 168 g/mol. The van der Waals surface area contributed by atoms with E-state index in [0.29, 0.717) is 5.56 Å². The molecule has 0 aliphatic carbocycles. The standard InChI is InChI=1S/C9H8N2O2/c10-6-11-9(13)8(12)7-4-2-1-3-5-7/h1-5,8,12H,(H,11,13). The molecule has 0 heterocycles. The van der Waals surface area contributed by atoms with E-state index in [9.17, 15) is 9.90 Å². The SMILES string of the molecule is N#CNC(=O)C(O)c1ccccc1. The molecule has 0 spiro atoms. The Bertz CT molecular complexity index is 329. The molecule has 0 saturated carbocycles. The highest BCUT2D eigenvalue weighted by molar-refractivity contribution is 5.83. The van der Waals surface area contributed by atoms with Gasteiger partial charge in [-0.1, -0.05) is 30.3 Å². The van der Waals surface area contributed by atoms with Crippen LogP contribution in [0.5, 0.6) is 0 Å². The third-order valence-corrected chi connectivity index (χ3v) is 1.54. The molecular formula is C9H8N2O2. The van der Waals surface area contributed by atoms with E-state index < -0.39 is 12.0 Å². The lowest BCUT2D eigenvalue weighted by atomic mass is 10.1. The normalized spacial score (nSPS) is 11.4. The van der Waals surface area contributed by atoms with E-state index in [4.69, 9.17) is 5.26 Å². The molecule has 66 valence electrons. The van der Waals surface area contributed by atoms with Crippen LogP contribution in [0.2, 0.25) is 0 Å². The van der Waals surface area contributed by atoms with Crippen molar-refractivity contribution in [2.45, 2.75) is 6.10 Å². The van der Waals surface area contributed by atoms with Gasteiger partial charge in [0.2, 0.25) is 0 Å². The number of hydrogen-bond donors (Lipinski definition) is 2. The van der Waals surface area contributed by atoms with E-state index >= 15 is 0 Å². The van der Waals surface area contributed by atoms with Crippen molar-refractivity contribution < 1.29 is 9.90 Å². The van der Waals surface area contributed by atoms with Gasteiger partial charge in [0, 0.05) is 0 Å². The van der Waals surface area contributed by atoms with Gasteiger partial charge in [-0.25, -0.2) is 0 Å². The maximum Gasteiger partial charge on any atom is 0.266 e. The quantitative estimate of drug-likeness (QED) is 0.503. The fraction of sp³-hybridized carbons (Fsp3) is 0.111. The second-order valence-corrected chi connectivity index (χ2v) is 2.41. The molecule has 0 aliphatic heterocycles. The van der Waals surface area contributed by atoms with E-state index in [0.717, 1.165) is 0 Å². The van der Waals surface area contributed by atoms with Crippen molar-refractivity contribution in [3.05, 3.63) is 35.9 Å². The Morgan fingerprint density at radius 1 is 1.46 bits per heavy atom. The number of aliphatic hydroxyl groups excluding tert-OH is 1. The summed E-state index contributed by atoms with van der Waals surface area (Å²) in [5.41, 5.74) is 0.468. The Kier molecular flexibility index (Phi) is 3.01. The predicted octanol–water partition coefficient (Wildman–Crippen LogP) is 0.317. The van der Waals surface area contributed by atoms with Gasteiger partial charge >= 0.3 is 0 Å². The summed E-state index contributed by atoms with van der Waals surface area (Å²) in [5.74, 6) is -0.714. The molecule has 0 aliphatic rings. The van der Waals surface area contributed by atoms with Crippen molar-refractivity contribution in [3.63, 3.8) is 0 Å². The molecule has 13 heavy (non-hydrogen) atoms. The van der Waals surface area contributed by atoms with E-state index in [1.165, 1.54) is 6.19 Å². The molecule has 4 heteroatoms. The van der Waals surface area contributed by atoms with Gasteiger partial charge in [-0.3, -0.25) is 10.1 Å². The van der Waals surface area contributed by atoms with Crippen molar-refractivity contribution >= 4 is 5.91 Å². The second kappa shape index (κ2) is 4.24. The number of nitrogens with zero attached hydrogens (tertiary/aromatic N) is 1. The van der Waals surface area contributed by atoms with Crippen LogP contribution in [0.15, 0.2) is 30.3 Å². The number of carbonyl (C=O) groups excluding carboxylic acids is 1. The van der Waals surface area contributed by atoms with E-state index in [-0.39, 0.29) is 0 Å². The molecule has 0 saturated heterocycles. The Morgan fingerprint density at radius 3 is 2.62 bits per heavy atom. The summed E-state index contributed by atoms with van der Waals surface area (Å²) < 4.78 is 0. The number of carbonyl (C=O) groups is 1. The van der Waals surface area contributed by atoms with E-state index in [1.807, 2.05) is 5.32 Å². The molecule has 0 bridgehead atoms. The maximum atomic E-state index is 11.0. The molecule has 0 aromatic heterocycles. The molecule has 0 fully saturated rings. The van der Waals surface area contributed by atoms with Crippen LogP contribution >= 0.6 is 0 Å². The highest BCUT2D eigenvalue weighted by Crippen LogP contribution is 2.11. The van der Waals surface area contributed by atoms with Gasteiger partial charge in [0.25, 0.3) is 5.91 Å². The lowest BCUT2D eigenvalue weighted by Gasteiger charge is -2.06. The number of nitriles is 1. The first-order valence-corrected chi connectivity index (χ1v) is 3.67. The smallest absolute Gasteiger partial charge is 0.266 e. The topological polar surface area (TPSA) is 73.1 Å². The summed E-state index contributed by atoms with van der Waals surface area (Å²) in [6, 6.07) is 8.41. The Hall–Kier alpha value is -1.86. The van der Waals surface area contributed by atoms with Gasteiger partial charge in [-0.05, 0) is 5.56 Å². The van der Waals surface area contributed by atoms with Crippen LogP contribution in [0.1, 0.15) is 11.7 Å². The maximum absolute atomic E-state index is 11.0. The second-order valence-electron chi connectivity index (χ2n) is 2.41. The number of rotatable bonds is 2. The van der Waals surface area contributed by atoms with Crippen LogP contribution in [-0.4, -0.2) is 11.0 Å². The number of hydrogen-bond acceptors (Lipinski definition) is 3. The molecule has 1 rings (SSSR count). The summed E-state index contributed by atoms with van der Waals surface area (Å²) in [7, 11) is 0. The zero-order chi connectivity index (χ0) is 9.68. The largest absolute Gasteiger partial charge is 0.378 e. The van der Waals surface area contributed by atoms with Crippen molar-refractivity contribution in [2.24, 2.45) is 0 Å². The fourth-order valence-corrected chi connectivity index (χ4v) is 0.910. The number of aliphatic hydroxyl groups is 1. The monoisotopic (exact) mass is 176 g/mol. The van der Waals surface area contributed by atoms with Crippen LogP contribution < -0.4 is 5.32 Å². The minimum atomic E-state index is -1.28. The van der Waals surface area contributed by atoms with E-state index in [2.05, 4.69) is 0 Å². The first kappa shape index (κ1) is 9.23. The van der Waals surface area contributed by atoms with Gasteiger partial charge in [-0.2, -0.15) is 5.26 Å². The van der Waals surface area contributed by atoms with Crippen LogP contribution in [0.3, 0.4) is 0 Å². The summed E-state index contributed by atoms with van der Waals surface area (Å²) in [5, 5.41) is 19.4. The molecule has 1 atom stereocenters. The van der Waals surface area contributed by atoms with Crippen LogP contribution in [0.4, 0.5) is 0 Å². The van der Waals surface area contributed by atoms with Gasteiger partial charge in [0.05, 0.1) is 0 Å². The first-order valence-electron chi connectivity index (χ1n) is 3.67. The first-order chi connectivity index (χ1) is 6.25. The van der Waals surface area contributed by atoms with Crippen molar-refractivity contribution in [1.82, 2.24) is 5.32 Å². The highest BCUT2D eigenvalue weighted by Gasteiger charge is 2.15. The number of amides is 1. The number of nitrogens with one attached hydrogen (secondary N) is 1. The van der Waals surface area contributed by atoms with Crippen molar-refractivity contribution in [1.29, 1.82) is 5.26 Å². The molecule has 0 radical (unpaired) electrons. The van der Waals surface area contributed by atoms with E-state index in [1.54, 1.807) is 30.3 Å². The van der Waals surface area contributed by atoms with Gasteiger partial charge in [-0.15, -0.1) is 0 Å². The molecule has 1 amide bonds. The zero-order valence-corrected chi connectivity index (χ0v) is 6.77. The zero-order valence-electron chi connectivity index (χ0n) is 6.77. The van der Waals surface area contributed by atoms with Gasteiger partial charge in [0.15, 0.2) is 12.3 Å². The minimum Gasteiger partial charge on any atom is -0.378 e. The Labute approximate surface area is 75.4 Å².